The molecule has 0 saturated heterocycles. The lowest BCUT2D eigenvalue weighted by Crippen LogP contribution is -2.28. The van der Waals surface area contributed by atoms with Gasteiger partial charge in [-0.05, 0) is 41.5 Å². The van der Waals surface area contributed by atoms with Crippen LogP contribution in [0.1, 0.15) is 17.0 Å². The van der Waals surface area contributed by atoms with Gasteiger partial charge < -0.3 is 24.5 Å². The Morgan fingerprint density at radius 3 is 2.56 bits per heavy atom. The number of rotatable bonds is 10. The number of methoxy groups -OCH3 is 2. The highest BCUT2D eigenvalue weighted by molar-refractivity contribution is 6.23. The van der Waals surface area contributed by atoms with E-state index in [0.29, 0.717) is 42.7 Å². The second-order valence-corrected chi connectivity index (χ2v) is 7.59. The molecule has 0 fully saturated rings. The van der Waals surface area contributed by atoms with E-state index < -0.39 is 0 Å². The maximum atomic E-state index is 13.1. The van der Waals surface area contributed by atoms with E-state index in [4.69, 9.17) is 14.2 Å². The first-order chi connectivity index (χ1) is 16.7. The SMILES string of the molecule is COCCNC(=O)/C(=C/c1ccc(OC)c(OCc2ccccc2)c1)c1nc2ccccc2[nH]1. The van der Waals surface area contributed by atoms with E-state index in [1.54, 1.807) is 20.3 Å². The van der Waals surface area contributed by atoms with Gasteiger partial charge in [-0.15, -0.1) is 0 Å². The molecule has 34 heavy (non-hydrogen) atoms. The number of aromatic amines is 1. The van der Waals surface area contributed by atoms with Crippen LogP contribution in [-0.2, 0) is 16.1 Å². The van der Waals surface area contributed by atoms with Crippen molar-refractivity contribution in [3.63, 3.8) is 0 Å². The number of para-hydroxylation sites is 2. The molecule has 3 aromatic carbocycles. The number of imidazole rings is 1. The Morgan fingerprint density at radius 2 is 1.79 bits per heavy atom. The van der Waals surface area contributed by atoms with E-state index in [9.17, 15) is 4.79 Å². The summed E-state index contributed by atoms with van der Waals surface area (Å²) in [5.41, 5.74) is 3.88. The molecule has 0 aliphatic rings. The van der Waals surface area contributed by atoms with E-state index in [-0.39, 0.29) is 5.91 Å². The molecule has 4 rings (SSSR count). The predicted molar refractivity (Wildman–Crippen MR) is 133 cm³/mol. The molecule has 174 valence electrons. The zero-order valence-corrected chi connectivity index (χ0v) is 19.2. The van der Waals surface area contributed by atoms with Crippen LogP contribution in [0, 0.1) is 0 Å². The molecule has 7 nitrogen and oxygen atoms in total. The number of nitrogens with one attached hydrogen (secondary N) is 2. The molecule has 0 bridgehead atoms. The number of H-pyrrole nitrogens is 1. The molecule has 0 saturated carbocycles. The van der Waals surface area contributed by atoms with E-state index in [1.165, 1.54) is 0 Å². The first kappa shape index (κ1) is 23.1. The number of ether oxygens (including phenoxy) is 3. The van der Waals surface area contributed by atoms with Gasteiger partial charge in [0.05, 0.1) is 30.3 Å². The van der Waals surface area contributed by atoms with Crippen molar-refractivity contribution in [1.29, 1.82) is 0 Å². The van der Waals surface area contributed by atoms with Crippen molar-refractivity contribution in [2.45, 2.75) is 6.61 Å². The van der Waals surface area contributed by atoms with Gasteiger partial charge in [-0.3, -0.25) is 4.79 Å². The largest absolute Gasteiger partial charge is 0.493 e. The third kappa shape index (κ3) is 5.63. The summed E-state index contributed by atoms with van der Waals surface area (Å²) in [6.45, 7) is 1.21. The fourth-order valence-corrected chi connectivity index (χ4v) is 3.48. The Hall–Kier alpha value is -4.10. The monoisotopic (exact) mass is 457 g/mol. The van der Waals surface area contributed by atoms with Gasteiger partial charge in [-0.2, -0.15) is 0 Å². The lowest BCUT2D eigenvalue weighted by molar-refractivity contribution is -0.115. The maximum absolute atomic E-state index is 13.1. The fraction of sp³-hybridized carbons (Fsp3) is 0.185. The van der Waals surface area contributed by atoms with Crippen molar-refractivity contribution in [2.75, 3.05) is 27.4 Å². The van der Waals surface area contributed by atoms with Crippen LogP contribution in [0.5, 0.6) is 11.5 Å². The van der Waals surface area contributed by atoms with Gasteiger partial charge in [-0.1, -0.05) is 48.5 Å². The zero-order chi connectivity index (χ0) is 23.8. The quantitative estimate of drug-likeness (QED) is 0.271. The summed E-state index contributed by atoms with van der Waals surface area (Å²) in [7, 11) is 3.19. The topological polar surface area (TPSA) is 85.5 Å². The van der Waals surface area contributed by atoms with Crippen LogP contribution < -0.4 is 14.8 Å². The summed E-state index contributed by atoms with van der Waals surface area (Å²) in [5, 5.41) is 2.88. The van der Waals surface area contributed by atoms with Crippen molar-refractivity contribution < 1.29 is 19.0 Å². The molecule has 4 aromatic rings. The van der Waals surface area contributed by atoms with Crippen LogP contribution in [0.15, 0.2) is 72.8 Å². The lowest BCUT2D eigenvalue weighted by Gasteiger charge is -2.12. The summed E-state index contributed by atoms with van der Waals surface area (Å²) in [6.07, 6.45) is 1.79. The number of carbonyl (C=O) groups is 1. The Balaban J connectivity index is 1.67. The predicted octanol–water partition coefficient (Wildman–Crippen LogP) is 4.45. The van der Waals surface area contributed by atoms with Gasteiger partial charge >= 0.3 is 0 Å². The van der Waals surface area contributed by atoms with Crippen molar-refractivity contribution in [3.8, 4) is 11.5 Å². The summed E-state index contributed by atoms with van der Waals surface area (Å²) in [6, 6.07) is 23.1. The second-order valence-electron chi connectivity index (χ2n) is 7.59. The molecule has 0 aliphatic carbocycles. The summed E-state index contributed by atoms with van der Waals surface area (Å²) in [5.74, 6) is 1.43. The van der Waals surface area contributed by atoms with Crippen LogP contribution in [0.2, 0.25) is 0 Å². The highest BCUT2D eigenvalue weighted by Crippen LogP contribution is 2.30. The molecule has 0 spiro atoms. The van der Waals surface area contributed by atoms with Crippen LogP contribution in [-0.4, -0.2) is 43.2 Å². The number of benzene rings is 3. The van der Waals surface area contributed by atoms with Gasteiger partial charge in [-0.25, -0.2) is 4.98 Å². The summed E-state index contributed by atoms with van der Waals surface area (Å²) < 4.78 is 16.6. The van der Waals surface area contributed by atoms with Crippen molar-refractivity contribution in [2.24, 2.45) is 0 Å². The van der Waals surface area contributed by atoms with Gasteiger partial charge in [0, 0.05) is 13.7 Å². The van der Waals surface area contributed by atoms with Crippen LogP contribution >= 0.6 is 0 Å². The van der Waals surface area contributed by atoms with Crippen LogP contribution in [0.25, 0.3) is 22.7 Å². The Morgan fingerprint density at radius 1 is 1.00 bits per heavy atom. The smallest absolute Gasteiger partial charge is 0.255 e. The van der Waals surface area contributed by atoms with E-state index >= 15 is 0 Å². The third-order valence-corrected chi connectivity index (χ3v) is 5.22. The molecule has 0 radical (unpaired) electrons. The molecule has 7 heteroatoms. The number of hydrogen-bond acceptors (Lipinski definition) is 5. The first-order valence-electron chi connectivity index (χ1n) is 11.0. The zero-order valence-electron chi connectivity index (χ0n) is 19.2. The number of nitrogens with zero attached hydrogens (tertiary/aromatic N) is 1. The van der Waals surface area contributed by atoms with Gasteiger partial charge in [0.2, 0.25) is 0 Å². The average molecular weight is 458 g/mol. The molecular weight excluding hydrogens is 430 g/mol. The van der Waals surface area contributed by atoms with Gasteiger partial charge in [0.15, 0.2) is 11.5 Å². The first-order valence-corrected chi connectivity index (χ1v) is 11.0. The van der Waals surface area contributed by atoms with Crippen molar-refractivity contribution >= 4 is 28.6 Å². The molecule has 0 unspecified atom stereocenters. The van der Waals surface area contributed by atoms with E-state index in [1.807, 2.05) is 72.8 Å². The highest BCUT2D eigenvalue weighted by Gasteiger charge is 2.17. The number of fused-ring (bicyclic) bond motifs is 1. The average Bonchev–Trinajstić information content (AvgIpc) is 3.30. The number of hydrogen-bond donors (Lipinski definition) is 2. The second kappa shape index (κ2) is 11.2. The molecule has 0 atom stereocenters. The minimum atomic E-state index is -0.251. The van der Waals surface area contributed by atoms with Crippen molar-refractivity contribution in [3.05, 3.63) is 89.7 Å². The maximum Gasteiger partial charge on any atom is 0.255 e. The number of aromatic nitrogens is 2. The Kier molecular flexibility index (Phi) is 7.57. The molecule has 2 N–H and O–H groups in total. The standard InChI is InChI=1S/C27H27N3O4/c1-32-15-14-28-27(31)21(26-29-22-10-6-7-11-23(22)30-26)16-20-12-13-24(33-2)25(17-20)34-18-19-8-4-3-5-9-19/h3-13,16-17H,14-15,18H2,1-2H3,(H,28,31)(H,29,30)/b21-16+. The van der Waals surface area contributed by atoms with Crippen molar-refractivity contribution in [1.82, 2.24) is 15.3 Å². The van der Waals surface area contributed by atoms with E-state index in [2.05, 4.69) is 15.3 Å². The number of amides is 1. The Bertz CT molecular complexity index is 1250. The van der Waals surface area contributed by atoms with Crippen LogP contribution in [0.4, 0.5) is 0 Å². The molecule has 1 aromatic heterocycles. The van der Waals surface area contributed by atoms with Crippen LogP contribution in [0.3, 0.4) is 0 Å². The third-order valence-electron chi connectivity index (χ3n) is 5.22. The Labute approximate surface area is 198 Å². The summed E-state index contributed by atoms with van der Waals surface area (Å²) >= 11 is 0. The van der Waals surface area contributed by atoms with E-state index in [0.717, 1.165) is 22.2 Å². The molecule has 0 aliphatic heterocycles. The highest BCUT2D eigenvalue weighted by atomic mass is 16.5. The minimum absolute atomic E-state index is 0.251. The molecule has 1 heterocycles. The number of carbonyl (C=O) groups excluding carboxylic acids is 1. The fourth-order valence-electron chi connectivity index (χ4n) is 3.48. The summed E-state index contributed by atoms with van der Waals surface area (Å²) in [4.78, 5) is 20.9. The van der Waals surface area contributed by atoms with Gasteiger partial charge in [0.1, 0.15) is 12.4 Å². The molecule has 1 amide bonds. The van der Waals surface area contributed by atoms with Gasteiger partial charge in [0.25, 0.3) is 5.91 Å². The molecular formula is C27H27N3O4. The normalized spacial score (nSPS) is 11.4. The lowest BCUT2D eigenvalue weighted by atomic mass is 10.1. The minimum Gasteiger partial charge on any atom is -0.493 e.